The molecule has 0 atom stereocenters. The SMILES string of the molecule is CCOC(=O)c1sc2nc(C)cc(=O)n2c1C. The fourth-order valence-corrected chi connectivity index (χ4v) is 2.67. The first-order valence-electron chi connectivity index (χ1n) is 5.21. The van der Waals surface area contributed by atoms with E-state index in [4.69, 9.17) is 4.74 Å². The van der Waals surface area contributed by atoms with Crippen molar-refractivity contribution in [3.8, 4) is 0 Å². The Morgan fingerprint density at radius 1 is 1.53 bits per heavy atom. The standard InChI is InChI=1S/C11H12N2O3S/c1-4-16-10(15)9-7(3)13-8(14)5-6(2)12-11(13)17-9/h5H,4H2,1-3H3. The number of aromatic nitrogens is 2. The predicted octanol–water partition coefficient (Wildman–Crippen LogP) is 1.55. The fraction of sp³-hybridized carbons (Fsp3) is 0.364. The summed E-state index contributed by atoms with van der Waals surface area (Å²) in [5.41, 5.74) is 1.06. The number of aryl methyl sites for hydroxylation is 2. The normalized spacial score (nSPS) is 10.8. The summed E-state index contributed by atoms with van der Waals surface area (Å²) in [5, 5.41) is 0. The molecule has 0 saturated heterocycles. The van der Waals surface area contributed by atoms with Gasteiger partial charge in [-0.3, -0.25) is 9.20 Å². The van der Waals surface area contributed by atoms with Crippen LogP contribution in [0.25, 0.3) is 4.96 Å². The third kappa shape index (κ3) is 1.95. The summed E-state index contributed by atoms with van der Waals surface area (Å²) in [6, 6.07) is 1.45. The van der Waals surface area contributed by atoms with Crippen molar-refractivity contribution in [2.45, 2.75) is 20.8 Å². The van der Waals surface area contributed by atoms with Crippen molar-refractivity contribution >= 4 is 22.3 Å². The number of thiazole rings is 1. The van der Waals surface area contributed by atoms with E-state index >= 15 is 0 Å². The molecule has 2 heterocycles. The number of hydrogen-bond acceptors (Lipinski definition) is 5. The molecule has 5 nitrogen and oxygen atoms in total. The summed E-state index contributed by atoms with van der Waals surface area (Å²) >= 11 is 1.18. The van der Waals surface area contributed by atoms with Crippen molar-refractivity contribution in [2.24, 2.45) is 0 Å². The van der Waals surface area contributed by atoms with Crippen LogP contribution < -0.4 is 5.56 Å². The minimum atomic E-state index is -0.405. The highest BCUT2D eigenvalue weighted by molar-refractivity contribution is 7.18. The Morgan fingerprint density at radius 2 is 2.24 bits per heavy atom. The lowest BCUT2D eigenvalue weighted by Gasteiger charge is -1.99. The van der Waals surface area contributed by atoms with Crippen LogP contribution in [0.2, 0.25) is 0 Å². The lowest BCUT2D eigenvalue weighted by Crippen LogP contribution is -2.15. The zero-order chi connectivity index (χ0) is 12.6. The highest BCUT2D eigenvalue weighted by Crippen LogP contribution is 2.20. The smallest absolute Gasteiger partial charge is 0.350 e. The summed E-state index contributed by atoms with van der Waals surface area (Å²) in [6.07, 6.45) is 0. The first-order valence-corrected chi connectivity index (χ1v) is 6.03. The number of nitrogens with zero attached hydrogens (tertiary/aromatic N) is 2. The molecule has 0 unspecified atom stereocenters. The lowest BCUT2D eigenvalue weighted by atomic mass is 10.4. The molecule has 90 valence electrons. The Hall–Kier alpha value is -1.69. The quantitative estimate of drug-likeness (QED) is 0.761. The molecule has 0 aromatic carbocycles. The Bertz CT molecular complexity index is 642. The Kier molecular flexibility index (Phi) is 2.97. The second kappa shape index (κ2) is 4.29. The third-order valence-corrected chi connectivity index (χ3v) is 3.46. The van der Waals surface area contributed by atoms with E-state index in [0.717, 1.165) is 0 Å². The van der Waals surface area contributed by atoms with Gasteiger partial charge in [0.1, 0.15) is 4.88 Å². The van der Waals surface area contributed by atoms with Crippen molar-refractivity contribution in [3.63, 3.8) is 0 Å². The molecular weight excluding hydrogens is 240 g/mol. The lowest BCUT2D eigenvalue weighted by molar-refractivity contribution is 0.0531. The van der Waals surface area contributed by atoms with Crippen LogP contribution in [0.15, 0.2) is 10.9 Å². The zero-order valence-electron chi connectivity index (χ0n) is 9.81. The zero-order valence-corrected chi connectivity index (χ0v) is 10.6. The highest BCUT2D eigenvalue weighted by atomic mass is 32.1. The summed E-state index contributed by atoms with van der Waals surface area (Å²) in [4.78, 5) is 28.7. The maximum atomic E-state index is 11.8. The van der Waals surface area contributed by atoms with Crippen molar-refractivity contribution < 1.29 is 9.53 Å². The van der Waals surface area contributed by atoms with Crippen LogP contribution in [0.5, 0.6) is 0 Å². The first-order chi connectivity index (χ1) is 8.04. The minimum Gasteiger partial charge on any atom is -0.462 e. The second-order valence-electron chi connectivity index (χ2n) is 3.59. The molecule has 2 aromatic rings. The van der Waals surface area contributed by atoms with Crippen molar-refractivity contribution in [2.75, 3.05) is 6.61 Å². The van der Waals surface area contributed by atoms with Gasteiger partial charge in [-0.1, -0.05) is 11.3 Å². The largest absolute Gasteiger partial charge is 0.462 e. The van der Waals surface area contributed by atoms with Gasteiger partial charge in [-0.25, -0.2) is 9.78 Å². The van der Waals surface area contributed by atoms with E-state index in [0.29, 0.717) is 27.8 Å². The van der Waals surface area contributed by atoms with E-state index in [1.165, 1.54) is 21.8 Å². The Labute approximate surface area is 102 Å². The molecule has 0 saturated carbocycles. The van der Waals surface area contributed by atoms with Gasteiger partial charge in [-0.2, -0.15) is 0 Å². The molecule has 0 N–H and O–H groups in total. The molecule has 17 heavy (non-hydrogen) atoms. The van der Waals surface area contributed by atoms with E-state index in [1.807, 2.05) is 0 Å². The summed E-state index contributed by atoms with van der Waals surface area (Å²) in [7, 11) is 0. The average molecular weight is 252 g/mol. The number of esters is 1. The van der Waals surface area contributed by atoms with E-state index in [-0.39, 0.29) is 5.56 Å². The van der Waals surface area contributed by atoms with Crippen LogP contribution in [-0.2, 0) is 4.74 Å². The van der Waals surface area contributed by atoms with Crippen molar-refractivity contribution in [3.05, 3.63) is 32.7 Å². The van der Waals surface area contributed by atoms with Gasteiger partial charge in [-0.15, -0.1) is 0 Å². The van der Waals surface area contributed by atoms with Gasteiger partial charge in [0, 0.05) is 11.8 Å². The molecule has 2 rings (SSSR count). The maximum absolute atomic E-state index is 11.8. The maximum Gasteiger partial charge on any atom is 0.350 e. The molecule has 6 heteroatoms. The molecule has 0 aliphatic heterocycles. The second-order valence-corrected chi connectivity index (χ2v) is 4.57. The Balaban J connectivity index is 2.69. The molecule has 0 fully saturated rings. The number of carbonyl (C=O) groups excluding carboxylic acids is 1. The van der Waals surface area contributed by atoms with E-state index in [1.54, 1.807) is 20.8 Å². The minimum absolute atomic E-state index is 0.170. The van der Waals surface area contributed by atoms with Gasteiger partial charge in [0.2, 0.25) is 0 Å². The molecular formula is C11H12N2O3S. The third-order valence-electron chi connectivity index (χ3n) is 2.33. The monoisotopic (exact) mass is 252 g/mol. The van der Waals surface area contributed by atoms with E-state index < -0.39 is 5.97 Å². The molecule has 0 aliphatic carbocycles. The molecule has 0 amide bonds. The molecule has 0 bridgehead atoms. The predicted molar refractivity (Wildman–Crippen MR) is 64.8 cm³/mol. The molecule has 0 aliphatic rings. The van der Waals surface area contributed by atoms with Gasteiger partial charge in [0.25, 0.3) is 5.56 Å². The van der Waals surface area contributed by atoms with Crippen LogP contribution in [0.3, 0.4) is 0 Å². The van der Waals surface area contributed by atoms with Crippen LogP contribution in [0.1, 0.15) is 28.0 Å². The van der Waals surface area contributed by atoms with E-state index in [9.17, 15) is 9.59 Å². The molecule has 2 aromatic heterocycles. The number of rotatable bonds is 2. The highest BCUT2D eigenvalue weighted by Gasteiger charge is 2.18. The van der Waals surface area contributed by atoms with Gasteiger partial charge >= 0.3 is 5.97 Å². The van der Waals surface area contributed by atoms with Crippen LogP contribution >= 0.6 is 11.3 Å². The van der Waals surface area contributed by atoms with Gasteiger partial charge in [0.05, 0.1) is 12.3 Å². The first kappa shape index (κ1) is 11.8. The average Bonchev–Trinajstić information content (AvgIpc) is 2.56. The van der Waals surface area contributed by atoms with Crippen molar-refractivity contribution in [1.29, 1.82) is 0 Å². The Morgan fingerprint density at radius 3 is 2.88 bits per heavy atom. The summed E-state index contributed by atoms with van der Waals surface area (Å²) in [5.74, 6) is -0.405. The number of fused-ring (bicyclic) bond motifs is 1. The van der Waals surface area contributed by atoms with Crippen LogP contribution in [-0.4, -0.2) is 22.0 Å². The fourth-order valence-electron chi connectivity index (χ4n) is 1.60. The molecule has 0 radical (unpaired) electrons. The van der Waals surface area contributed by atoms with Gasteiger partial charge < -0.3 is 4.74 Å². The van der Waals surface area contributed by atoms with Crippen molar-refractivity contribution in [1.82, 2.24) is 9.38 Å². The van der Waals surface area contributed by atoms with Crippen LogP contribution in [0.4, 0.5) is 0 Å². The van der Waals surface area contributed by atoms with Gasteiger partial charge in [-0.05, 0) is 20.8 Å². The summed E-state index contributed by atoms with van der Waals surface area (Å²) < 4.78 is 6.37. The number of ether oxygens (including phenoxy) is 1. The summed E-state index contributed by atoms with van der Waals surface area (Å²) in [6.45, 7) is 5.53. The van der Waals surface area contributed by atoms with Gasteiger partial charge in [0.15, 0.2) is 4.96 Å². The number of hydrogen-bond donors (Lipinski definition) is 0. The molecule has 0 spiro atoms. The number of carbonyl (C=O) groups is 1. The van der Waals surface area contributed by atoms with E-state index in [2.05, 4.69) is 4.98 Å². The van der Waals surface area contributed by atoms with Crippen LogP contribution in [0, 0.1) is 13.8 Å². The topological polar surface area (TPSA) is 60.7 Å².